The summed E-state index contributed by atoms with van der Waals surface area (Å²) in [4.78, 5) is 23.6. The van der Waals surface area contributed by atoms with Crippen LogP contribution < -0.4 is 16.4 Å². The maximum absolute atomic E-state index is 12.5. The number of carbonyl (C=O) groups is 2. The number of para-hydroxylation sites is 1. The van der Waals surface area contributed by atoms with Crippen LogP contribution in [0.25, 0.3) is 0 Å². The number of benzene rings is 3. The van der Waals surface area contributed by atoms with E-state index in [2.05, 4.69) is 17.6 Å². The Hall–Kier alpha value is -3.60. The Morgan fingerprint density at radius 1 is 0.815 bits per heavy atom. The number of amides is 2. The van der Waals surface area contributed by atoms with Gasteiger partial charge in [-0.25, -0.2) is 0 Å². The standard InChI is InChI=1S/C22H21N3O2/c1-2-15-5-3-4-6-20(15)25-22(27)17-9-13-19(14-10-17)24-18-11-7-16(8-12-18)21(23)26/h3-14,24H,2H2,1H3,(H2,23,26)(H,25,27). The second-order valence-electron chi connectivity index (χ2n) is 6.11. The highest BCUT2D eigenvalue weighted by Gasteiger charge is 2.08. The Kier molecular flexibility index (Phi) is 5.52. The van der Waals surface area contributed by atoms with Crippen LogP contribution in [0, 0.1) is 0 Å². The molecular formula is C22H21N3O2. The molecule has 0 aliphatic rings. The minimum Gasteiger partial charge on any atom is -0.366 e. The molecule has 5 heteroatoms. The largest absolute Gasteiger partial charge is 0.366 e. The normalized spacial score (nSPS) is 10.3. The SMILES string of the molecule is CCc1ccccc1NC(=O)c1ccc(Nc2ccc(C(N)=O)cc2)cc1. The molecule has 3 rings (SSSR count). The number of hydrogen-bond donors (Lipinski definition) is 3. The minimum absolute atomic E-state index is 0.145. The van der Waals surface area contributed by atoms with Gasteiger partial charge >= 0.3 is 0 Å². The minimum atomic E-state index is -0.457. The van der Waals surface area contributed by atoms with Crippen molar-refractivity contribution >= 4 is 28.9 Å². The molecule has 4 N–H and O–H groups in total. The van der Waals surface area contributed by atoms with Gasteiger partial charge < -0.3 is 16.4 Å². The number of anilines is 3. The van der Waals surface area contributed by atoms with Gasteiger partial charge in [0.2, 0.25) is 5.91 Å². The first-order valence-electron chi connectivity index (χ1n) is 8.73. The summed E-state index contributed by atoms with van der Waals surface area (Å²) in [5.41, 5.74) is 9.88. The van der Waals surface area contributed by atoms with Crippen molar-refractivity contribution in [2.75, 3.05) is 10.6 Å². The quantitative estimate of drug-likeness (QED) is 0.612. The second-order valence-corrected chi connectivity index (χ2v) is 6.11. The summed E-state index contributed by atoms with van der Waals surface area (Å²) < 4.78 is 0. The van der Waals surface area contributed by atoms with Gasteiger partial charge in [-0.05, 0) is 66.6 Å². The molecule has 0 aliphatic heterocycles. The lowest BCUT2D eigenvalue weighted by Gasteiger charge is -2.11. The number of aryl methyl sites for hydroxylation is 1. The first-order valence-corrected chi connectivity index (χ1v) is 8.73. The van der Waals surface area contributed by atoms with Gasteiger partial charge in [-0.3, -0.25) is 9.59 Å². The summed E-state index contributed by atoms with van der Waals surface area (Å²) in [6.45, 7) is 2.06. The van der Waals surface area contributed by atoms with Crippen molar-refractivity contribution in [3.63, 3.8) is 0 Å². The Morgan fingerprint density at radius 3 is 1.93 bits per heavy atom. The van der Waals surface area contributed by atoms with E-state index in [-0.39, 0.29) is 5.91 Å². The fraction of sp³-hybridized carbons (Fsp3) is 0.0909. The molecule has 0 saturated carbocycles. The van der Waals surface area contributed by atoms with Gasteiger partial charge in [0.15, 0.2) is 0 Å². The van der Waals surface area contributed by atoms with Crippen molar-refractivity contribution in [1.82, 2.24) is 0 Å². The van der Waals surface area contributed by atoms with Crippen molar-refractivity contribution in [3.8, 4) is 0 Å². The van der Waals surface area contributed by atoms with Crippen LogP contribution in [0.5, 0.6) is 0 Å². The number of rotatable bonds is 6. The molecular weight excluding hydrogens is 338 g/mol. The second kappa shape index (κ2) is 8.19. The highest BCUT2D eigenvalue weighted by atomic mass is 16.2. The molecule has 136 valence electrons. The molecule has 0 heterocycles. The molecule has 0 saturated heterocycles. The summed E-state index contributed by atoms with van der Waals surface area (Å²) >= 11 is 0. The van der Waals surface area contributed by atoms with E-state index in [0.717, 1.165) is 29.0 Å². The molecule has 3 aromatic carbocycles. The smallest absolute Gasteiger partial charge is 0.255 e. The Morgan fingerprint density at radius 2 is 1.37 bits per heavy atom. The average molecular weight is 359 g/mol. The van der Waals surface area contributed by atoms with E-state index in [4.69, 9.17) is 5.73 Å². The Balaban J connectivity index is 1.67. The molecule has 0 unspecified atom stereocenters. The first kappa shape index (κ1) is 18.2. The zero-order chi connectivity index (χ0) is 19.2. The maximum atomic E-state index is 12.5. The highest BCUT2D eigenvalue weighted by molar-refractivity contribution is 6.04. The summed E-state index contributed by atoms with van der Waals surface area (Å²) in [6, 6.07) is 21.9. The van der Waals surface area contributed by atoms with E-state index < -0.39 is 5.91 Å². The van der Waals surface area contributed by atoms with Gasteiger partial charge in [0, 0.05) is 28.2 Å². The summed E-state index contributed by atoms with van der Waals surface area (Å²) in [6.07, 6.45) is 0.855. The number of primary amides is 1. The molecule has 3 aromatic rings. The topological polar surface area (TPSA) is 84.2 Å². The fourth-order valence-electron chi connectivity index (χ4n) is 2.73. The van der Waals surface area contributed by atoms with Crippen molar-refractivity contribution in [1.29, 1.82) is 0 Å². The monoisotopic (exact) mass is 359 g/mol. The summed E-state index contributed by atoms with van der Waals surface area (Å²) in [7, 11) is 0. The fourth-order valence-corrected chi connectivity index (χ4v) is 2.73. The molecule has 0 radical (unpaired) electrons. The molecule has 0 aliphatic carbocycles. The lowest BCUT2D eigenvalue weighted by atomic mass is 10.1. The van der Waals surface area contributed by atoms with Gasteiger partial charge in [-0.1, -0.05) is 25.1 Å². The third-order valence-electron chi connectivity index (χ3n) is 4.25. The summed E-state index contributed by atoms with van der Waals surface area (Å²) in [5.74, 6) is -0.602. The lowest BCUT2D eigenvalue weighted by Crippen LogP contribution is -2.13. The van der Waals surface area contributed by atoms with Crippen molar-refractivity contribution < 1.29 is 9.59 Å². The molecule has 27 heavy (non-hydrogen) atoms. The predicted molar refractivity (Wildman–Crippen MR) is 108 cm³/mol. The van der Waals surface area contributed by atoms with Crippen LogP contribution in [0.1, 0.15) is 33.2 Å². The van der Waals surface area contributed by atoms with E-state index in [1.807, 2.05) is 36.4 Å². The molecule has 0 bridgehead atoms. The van der Waals surface area contributed by atoms with Crippen LogP contribution in [0.15, 0.2) is 72.8 Å². The molecule has 0 atom stereocenters. The number of carbonyl (C=O) groups excluding carboxylic acids is 2. The van der Waals surface area contributed by atoms with Gasteiger partial charge in [-0.15, -0.1) is 0 Å². The number of hydrogen-bond acceptors (Lipinski definition) is 3. The zero-order valence-electron chi connectivity index (χ0n) is 15.0. The molecule has 0 aromatic heterocycles. The average Bonchev–Trinajstić information content (AvgIpc) is 2.69. The van der Waals surface area contributed by atoms with E-state index >= 15 is 0 Å². The number of nitrogens with one attached hydrogen (secondary N) is 2. The first-order chi connectivity index (χ1) is 13.1. The van der Waals surface area contributed by atoms with Gasteiger partial charge in [0.05, 0.1) is 0 Å². The van der Waals surface area contributed by atoms with Crippen molar-refractivity contribution in [2.24, 2.45) is 5.73 Å². The van der Waals surface area contributed by atoms with Crippen LogP contribution >= 0.6 is 0 Å². The van der Waals surface area contributed by atoms with Crippen LogP contribution in [-0.4, -0.2) is 11.8 Å². The molecule has 0 fully saturated rings. The third-order valence-corrected chi connectivity index (χ3v) is 4.25. The predicted octanol–water partition coefficient (Wildman–Crippen LogP) is 4.34. The van der Waals surface area contributed by atoms with Gasteiger partial charge in [-0.2, -0.15) is 0 Å². The lowest BCUT2D eigenvalue weighted by molar-refractivity contribution is 0.0997. The van der Waals surface area contributed by atoms with Gasteiger partial charge in [0.25, 0.3) is 5.91 Å². The van der Waals surface area contributed by atoms with E-state index in [1.165, 1.54) is 0 Å². The zero-order valence-corrected chi connectivity index (χ0v) is 15.0. The molecule has 0 spiro atoms. The summed E-state index contributed by atoms with van der Waals surface area (Å²) in [5, 5.41) is 6.18. The number of nitrogens with two attached hydrogens (primary N) is 1. The Labute approximate surface area is 158 Å². The maximum Gasteiger partial charge on any atom is 0.255 e. The molecule has 2 amide bonds. The van der Waals surface area contributed by atoms with Crippen LogP contribution in [0.3, 0.4) is 0 Å². The van der Waals surface area contributed by atoms with Crippen LogP contribution in [0.2, 0.25) is 0 Å². The Bertz CT molecular complexity index is 948. The highest BCUT2D eigenvalue weighted by Crippen LogP contribution is 2.20. The van der Waals surface area contributed by atoms with Crippen molar-refractivity contribution in [3.05, 3.63) is 89.5 Å². The van der Waals surface area contributed by atoms with E-state index in [0.29, 0.717) is 11.1 Å². The van der Waals surface area contributed by atoms with Crippen molar-refractivity contribution in [2.45, 2.75) is 13.3 Å². The van der Waals surface area contributed by atoms with Crippen LogP contribution in [-0.2, 0) is 6.42 Å². The van der Waals surface area contributed by atoms with E-state index in [9.17, 15) is 9.59 Å². The van der Waals surface area contributed by atoms with Crippen LogP contribution in [0.4, 0.5) is 17.1 Å². The molecule has 5 nitrogen and oxygen atoms in total. The van der Waals surface area contributed by atoms with E-state index in [1.54, 1.807) is 36.4 Å². The van der Waals surface area contributed by atoms with Gasteiger partial charge in [0.1, 0.15) is 0 Å². The third kappa shape index (κ3) is 4.52.